The lowest BCUT2D eigenvalue weighted by Crippen LogP contribution is -2.41. The van der Waals surface area contributed by atoms with E-state index in [0.717, 1.165) is 0 Å². The molecule has 1 heteroatoms. The highest BCUT2D eigenvalue weighted by Crippen LogP contribution is 2.09. The van der Waals surface area contributed by atoms with Crippen molar-refractivity contribution in [3.05, 3.63) is 96.6 Å². The lowest BCUT2D eigenvalue weighted by atomic mass is 9.38. The molecular formula is C22H23B. The van der Waals surface area contributed by atoms with Gasteiger partial charge in [0.15, 0.2) is 0 Å². The maximum Gasteiger partial charge on any atom is 0.209 e. The molecule has 0 saturated heterocycles. The molecule has 0 aliphatic rings. The van der Waals surface area contributed by atoms with Crippen molar-refractivity contribution >= 4 is 17.6 Å². The largest absolute Gasteiger partial charge is 0.209 e. The topological polar surface area (TPSA) is 0 Å². The second-order valence-electron chi connectivity index (χ2n) is 6.11. The van der Waals surface area contributed by atoms with Crippen LogP contribution in [0.1, 0.15) is 18.4 Å². The Hall–Kier alpha value is -2.28. The van der Waals surface area contributed by atoms with Gasteiger partial charge in [0.25, 0.3) is 0 Å². The van der Waals surface area contributed by atoms with Crippen LogP contribution in [0.3, 0.4) is 0 Å². The lowest BCUT2D eigenvalue weighted by molar-refractivity contribution is 0.790. The van der Waals surface area contributed by atoms with Crippen LogP contribution in [0.5, 0.6) is 0 Å². The second kappa shape index (κ2) is 8.38. The van der Waals surface area contributed by atoms with Crippen LogP contribution in [-0.4, -0.2) is 6.71 Å². The SMILES string of the molecule is c1ccc(CCCCB(c2ccccc2)c2ccccc2)cc1. The van der Waals surface area contributed by atoms with Crippen LogP contribution in [0.15, 0.2) is 91.0 Å². The Balaban J connectivity index is 1.63. The summed E-state index contributed by atoms with van der Waals surface area (Å²) in [7, 11) is 0. The molecule has 23 heavy (non-hydrogen) atoms. The van der Waals surface area contributed by atoms with Crippen molar-refractivity contribution in [2.24, 2.45) is 0 Å². The number of hydrogen-bond donors (Lipinski definition) is 0. The number of unbranched alkanes of at least 4 members (excludes halogenated alkanes) is 1. The molecule has 3 aromatic rings. The van der Waals surface area contributed by atoms with Crippen molar-refractivity contribution in [3.63, 3.8) is 0 Å². The van der Waals surface area contributed by atoms with Crippen LogP contribution in [-0.2, 0) is 6.42 Å². The molecule has 0 amide bonds. The smallest absolute Gasteiger partial charge is 0.0742 e. The van der Waals surface area contributed by atoms with Crippen LogP contribution in [0, 0.1) is 0 Å². The minimum Gasteiger partial charge on any atom is -0.0742 e. The van der Waals surface area contributed by atoms with Gasteiger partial charge in [-0.1, -0.05) is 115 Å². The van der Waals surface area contributed by atoms with Crippen molar-refractivity contribution < 1.29 is 0 Å². The summed E-state index contributed by atoms with van der Waals surface area (Å²) in [5, 5.41) is 0. The van der Waals surface area contributed by atoms with E-state index in [4.69, 9.17) is 0 Å². The molecule has 0 radical (unpaired) electrons. The Kier molecular flexibility index (Phi) is 5.69. The standard InChI is InChI=1S/C22H23B/c1-4-12-20(13-5-1)14-10-11-19-23(21-15-6-2-7-16-21)22-17-8-3-9-18-22/h1-9,12-13,15-18H,10-11,14,19H2. The molecule has 0 spiro atoms. The Morgan fingerprint density at radius 2 is 1.00 bits per heavy atom. The molecule has 114 valence electrons. The van der Waals surface area contributed by atoms with Gasteiger partial charge >= 0.3 is 0 Å². The molecule has 3 rings (SSSR count). The average molecular weight is 298 g/mol. The molecule has 0 nitrogen and oxygen atoms in total. The Labute approximate surface area is 140 Å². The summed E-state index contributed by atoms with van der Waals surface area (Å²) in [6.45, 7) is 0.508. The fraction of sp³-hybridized carbons (Fsp3) is 0.182. The summed E-state index contributed by atoms with van der Waals surface area (Å²) >= 11 is 0. The van der Waals surface area contributed by atoms with E-state index in [-0.39, 0.29) is 0 Å². The molecule has 0 unspecified atom stereocenters. The summed E-state index contributed by atoms with van der Waals surface area (Å²) in [5.74, 6) is 0. The Morgan fingerprint density at radius 1 is 0.522 bits per heavy atom. The van der Waals surface area contributed by atoms with Gasteiger partial charge in [0, 0.05) is 0 Å². The summed E-state index contributed by atoms with van der Waals surface area (Å²) < 4.78 is 0. The molecule has 0 aliphatic carbocycles. The predicted octanol–water partition coefficient (Wildman–Crippen LogP) is 4.32. The number of aryl methyl sites for hydroxylation is 1. The van der Waals surface area contributed by atoms with Gasteiger partial charge in [-0.3, -0.25) is 0 Å². The zero-order valence-corrected chi connectivity index (χ0v) is 13.6. The van der Waals surface area contributed by atoms with E-state index >= 15 is 0 Å². The van der Waals surface area contributed by atoms with Gasteiger partial charge < -0.3 is 0 Å². The molecule has 0 N–H and O–H groups in total. The molecule has 0 fully saturated rings. The maximum absolute atomic E-state index is 2.26. The number of benzene rings is 3. The first kappa shape index (κ1) is 15.6. The van der Waals surface area contributed by atoms with Crippen molar-refractivity contribution in [1.82, 2.24) is 0 Å². The predicted molar refractivity (Wildman–Crippen MR) is 102 cm³/mol. The third kappa shape index (κ3) is 4.59. The molecule has 0 saturated carbocycles. The maximum atomic E-state index is 2.26. The first-order valence-corrected chi connectivity index (χ1v) is 8.57. The van der Waals surface area contributed by atoms with Gasteiger partial charge in [0.05, 0.1) is 0 Å². The third-order valence-corrected chi connectivity index (χ3v) is 4.45. The molecule has 3 aromatic carbocycles. The van der Waals surface area contributed by atoms with E-state index < -0.39 is 0 Å². The van der Waals surface area contributed by atoms with Crippen molar-refractivity contribution in [3.8, 4) is 0 Å². The summed E-state index contributed by atoms with van der Waals surface area (Å²) in [6.07, 6.45) is 4.89. The monoisotopic (exact) mass is 298 g/mol. The van der Waals surface area contributed by atoms with Crippen LogP contribution in [0.4, 0.5) is 0 Å². The summed E-state index contributed by atoms with van der Waals surface area (Å²) in [5.41, 5.74) is 4.31. The highest BCUT2D eigenvalue weighted by molar-refractivity contribution is 6.85. The Bertz CT molecular complexity index is 637. The van der Waals surface area contributed by atoms with Gasteiger partial charge in [-0.2, -0.15) is 0 Å². The molecule has 0 heterocycles. The van der Waals surface area contributed by atoms with E-state index in [1.807, 2.05) is 0 Å². The molecule has 0 aromatic heterocycles. The average Bonchev–Trinajstić information content (AvgIpc) is 2.64. The molecule has 0 atom stereocenters. The third-order valence-electron chi connectivity index (χ3n) is 4.45. The van der Waals surface area contributed by atoms with Gasteiger partial charge in [-0.15, -0.1) is 0 Å². The normalized spacial score (nSPS) is 10.4. The minimum absolute atomic E-state index is 0.508. The van der Waals surface area contributed by atoms with E-state index in [1.54, 1.807) is 0 Å². The first-order chi connectivity index (χ1) is 11.4. The highest BCUT2D eigenvalue weighted by Gasteiger charge is 2.17. The number of hydrogen-bond acceptors (Lipinski definition) is 0. The van der Waals surface area contributed by atoms with Crippen molar-refractivity contribution in [2.45, 2.75) is 25.6 Å². The summed E-state index contributed by atoms with van der Waals surface area (Å²) in [6, 6.07) is 32.6. The van der Waals surface area contributed by atoms with E-state index in [1.165, 1.54) is 42.1 Å². The van der Waals surface area contributed by atoms with Crippen molar-refractivity contribution in [1.29, 1.82) is 0 Å². The fourth-order valence-electron chi connectivity index (χ4n) is 3.22. The zero-order chi connectivity index (χ0) is 15.7. The van der Waals surface area contributed by atoms with Gasteiger partial charge in [0.2, 0.25) is 6.71 Å². The van der Waals surface area contributed by atoms with E-state index in [9.17, 15) is 0 Å². The van der Waals surface area contributed by atoms with Crippen LogP contribution >= 0.6 is 0 Å². The quantitative estimate of drug-likeness (QED) is 0.450. The minimum atomic E-state index is 0.508. The first-order valence-electron chi connectivity index (χ1n) is 8.57. The van der Waals surface area contributed by atoms with E-state index in [0.29, 0.717) is 6.71 Å². The second-order valence-corrected chi connectivity index (χ2v) is 6.11. The van der Waals surface area contributed by atoms with Crippen LogP contribution in [0.25, 0.3) is 0 Å². The summed E-state index contributed by atoms with van der Waals surface area (Å²) in [4.78, 5) is 0. The van der Waals surface area contributed by atoms with Gasteiger partial charge in [0.1, 0.15) is 0 Å². The molecular weight excluding hydrogens is 275 g/mol. The molecule has 0 aliphatic heterocycles. The van der Waals surface area contributed by atoms with Gasteiger partial charge in [-0.25, -0.2) is 0 Å². The zero-order valence-electron chi connectivity index (χ0n) is 13.6. The van der Waals surface area contributed by atoms with Crippen LogP contribution < -0.4 is 10.9 Å². The van der Waals surface area contributed by atoms with Gasteiger partial charge in [-0.05, 0) is 18.4 Å². The van der Waals surface area contributed by atoms with Crippen LogP contribution in [0.2, 0.25) is 6.32 Å². The lowest BCUT2D eigenvalue weighted by Gasteiger charge is -2.14. The highest BCUT2D eigenvalue weighted by atomic mass is 14.0. The van der Waals surface area contributed by atoms with E-state index in [2.05, 4.69) is 91.0 Å². The fourth-order valence-corrected chi connectivity index (χ4v) is 3.22. The number of rotatable bonds is 7. The Morgan fingerprint density at radius 3 is 1.52 bits per heavy atom. The van der Waals surface area contributed by atoms with Crippen molar-refractivity contribution in [2.75, 3.05) is 0 Å². The molecule has 0 bridgehead atoms.